The lowest BCUT2D eigenvalue weighted by Gasteiger charge is -2.18. The van der Waals surface area contributed by atoms with Crippen LogP contribution in [0.15, 0.2) is 24.3 Å². The van der Waals surface area contributed by atoms with Crippen molar-refractivity contribution in [1.82, 2.24) is 5.32 Å². The SMILES string of the molecule is CC(NC(=O)COCC(=O)O)c1ccccc1OC(F)F. The summed E-state index contributed by atoms with van der Waals surface area (Å²) in [5.74, 6) is -1.78. The fraction of sp³-hybridized carbons (Fsp3) is 0.385. The summed E-state index contributed by atoms with van der Waals surface area (Å²) in [5, 5.41) is 10.9. The molecule has 0 radical (unpaired) electrons. The number of carboxylic acids is 1. The first kappa shape index (κ1) is 16.8. The third-order valence-electron chi connectivity index (χ3n) is 2.44. The summed E-state index contributed by atoms with van der Waals surface area (Å²) in [6.07, 6.45) is 0. The van der Waals surface area contributed by atoms with E-state index in [-0.39, 0.29) is 5.75 Å². The van der Waals surface area contributed by atoms with Crippen molar-refractivity contribution in [2.24, 2.45) is 0 Å². The summed E-state index contributed by atoms with van der Waals surface area (Å²) in [4.78, 5) is 21.8. The third kappa shape index (κ3) is 6.17. The minimum Gasteiger partial charge on any atom is -0.480 e. The number of hydrogen-bond donors (Lipinski definition) is 2. The van der Waals surface area contributed by atoms with E-state index >= 15 is 0 Å². The van der Waals surface area contributed by atoms with Crippen molar-refractivity contribution in [2.75, 3.05) is 13.2 Å². The molecule has 0 aliphatic rings. The number of amides is 1. The number of para-hydroxylation sites is 1. The third-order valence-corrected chi connectivity index (χ3v) is 2.44. The van der Waals surface area contributed by atoms with E-state index in [0.717, 1.165) is 0 Å². The second-order valence-corrected chi connectivity index (χ2v) is 4.09. The quantitative estimate of drug-likeness (QED) is 0.761. The molecule has 1 rings (SSSR count). The lowest BCUT2D eigenvalue weighted by atomic mass is 10.1. The van der Waals surface area contributed by atoms with Crippen LogP contribution in [-0.4, -0.2) is 36.8 Å². The van der Waals surface area contributed by atoms with E-state index in [1.54, 1.807) is 19.1 Å². The van der Waals surface area contributed by atoms with Gasteiger partial charge in [0, 0.05) is 5.56 Å². The number of hydrogen-bond acceptors (Lipinski definition) is 4. The minimum absolute atomic E-state index is 0.0354. The van der Waals surface area contributed by atoms with Gasteiger partial charge >= 0.3 is 12.6 Å². The summed E-state index contributed by atoms with van der Waals surface area (Å²) in [6, 6.07) is 5.47. The van der Waals surface area contributed by atoms with Crippen molar-refractivity contribution in [3.8, 4) is 5.75 Å². The summed E-state index contributed by atoms with van der Waals surface area (Å²) < 4.78 is 33.6. The molecule has 6 nitrogen and oxygen atoms in total. The van der Waals surface area contributed by atoms with Crippen LogP contribution in [-0.2, 0) is 14.3 Å². The largest absolute Gasteiger partial charge is 0.480 e. The molecule has 0 fully saturated rings. The van der Waals surface area contributed by atoms with Gasteiger partial charge in [-0.2, -0.15) is 8.78 Å². The Morgan fingerprint density at radius 1 is 1.29 bits per heavy atom. The van der Waals surface area contributed by atoms with Crippen LogP contribution in [0.3, 0.4) is 0 Å². The Morgan fingerprint density at radius 3 is 2.57 bits per heavy atom. The van der Waals surface area contributed by atoms with Crippen LogP contribution in [0.4, 0.5) is 8.78 Å². The summed E-state index contributed by atoms with van der Waals surface area (Å²) in [7, 11) is 0. The number of carbonyl (C=O) groups excluding carboxylic acids is 1. The van der Waals surface area contributed by atoms with E-state index < -0.39 is 37.7 Å². The molecule has 1 atom stereocenters. The van der Waals surface area contributed by atoms with Crippen molar-refractivity contribution in [2.45, 2.75) is 19.6 Å². The first-order valence-electron chi connectivity index (χ1n) is 6.02. The number of carboxylic acid groups (broad SMARTS) is 1. The van der Waals surface area contributed by atoms with Crippen LogP contribution in [0.5, 0.6) is 5.75 Å². The van der Waals surface area contributed by atoms with E-state index in [1.165, 1.54) is 12.1 Å². The van der Waals surface area contributed by atoms with Gasteiger partial charge in [0.25, 0.3) is 0 Å². The van der Waals surface area contributed by atoms with Crippen LogP contribution in [0.1, 0.15) is 18.5 Å². The smallest absolute Gasteiger partial charge is 0.387 e. The van der Waals surface area contributed by atoms with Gasteiger partial charge in [0.05, 0.1) is 6.04 Å². The lowest BCUT2D eigenvalue weighted by molar-refractivity contribution is -0.143. The highest BCUT2D eigenvalue weighted by molar-refractivity contribution is 5.78. The molecule has 0 aliphatic carbocycles. The van der Waals surface area contributed by atoms with Crippen LogP contribution in [0.25, 0.3) is 0 Å². The highest BCUT2D eigenvalue weighted by Crippen LogP contribution is 2.26. The number of carbonyl (C=O) groups is 2. The van der Waals surface area contributed by atoms with Gasteiger partial charge in [-0.25, -0.2) is 4.79 Å². The second kappa shape index (κ2) is 8.15. The highest BCUT2D eigenvalue weighted by Gasteiger charge is 2.16. The van der Waals surface area contributed by atoms with Crippen molar-refractivity contribution in [3.05, 3.63) is 29.8 Å². The van der Waals surface area contributed by atoms with Gasteiger partial charge in [-0.1, -0.05) is 18.2 Å². The Labute approximate surface area is 119 Å². The molecule has 2 N–H and O–H groups in total. The first-order valence-corrected chi connectivity index (χ1v) is 6.02. The van der Waals surface area contributed by atoms with Gasteiger partial charge in [-0.3, -0.25) is 4.79 Å². The zero-order valence-corrected chi connectivity index (χ0v) is 11.2. The molecule has 21 heavy (non-hydrogen) atoms. The number of ether oxygens (including phenoxy) is 2. The molecule has 1 aromatic carbocycles. The number of nitrogens with one attached hydrogen (secondary N) is 1. The lowest BCUT2D eigenvalue weighted by Crippen LogP contribution is -2.31. The highest BCUT2D eigenvalue weighted by atomic mass is 19.3. The first-order chi connectivity index (χ1) is 9.90. The molecule has 116 valence electrons. The molecule has 1 aromatic rings. The van der Waals surface area contributed by atoms with Crippen molar-refractivity contribution in [1.29, 1.82) is 0 Å². The maximum atomic E-state index is 12.3. The van der Waals surface area contributed by atoms with Crippen molar-refractivity contribution < 1.29 is 33.0 Å². The Hall–Kier alpha value is -2.22. The molecule has 1 amide bonds. The Bertz CT molecular complexity index is 495. The predicted octanol–water partition coefficient (Wildman–Crippen LogP) is 1.57. The molecular formula is C13H15F2NO5. The number of aliphatic carboxylic acids is 1. The average Bonchev–Trinajstić information content (AvgIpc) is 2.37. The average molecular weight is 303 g/mol. The van der Waals surface area contributed by atoms with E-state index in [9.17, 15) is 18.4 Å². The molecule has 0 aliphatic heterocycles. The standard InChI is InChI=1S/C13H15F2NO5/c1-8(16-11(17)6-20-7-12(18)19)9-4-2-3-5-10(9)21-13(14)15/h2-5,8,13H,6-7H2,1H3,(H,16,17)(H,18,19). The van der Waals surface area contributed by atoms with Crippen molar-refractivity contribution in [3.63, 3.8) is 0 Å². The number of benzene rings is 1. The molecule has 0 heterocycles. The van der Waals surface area contributed by atoms with Crippen LogP contribution in [0.2, 0.25) is 0 Å². The number of halogens is 2. The van der Waals surface area contributed by atoms with Gasteiger partial charge in [-0.05, 0) is 13.0 Å². The topological polar surface area (TPSA) is 84.9 Å². The van der Waals surface area contributed by atoms with Gasteiger partial charge in [0.2, 0.25) is 5.91 Å². The van der Waals surface area contributed by atoms with Crippen molar-refractivity contribution >= 4 is 11.9 Å². The monoisotopic (exact) mass is 303 g/mol. The van der Waals surface area contributed by atoms with E-state index in [1.807, 2.05) is 0 Å². The normalized spacial score (nSPS) is 12.0. The second-order valence-electron chi connectivity index (χ2n) is 4.09. The summed E-state index contributed by atoms with van der Waals surface area (Å²) >= 11 is 0. The Balaban J connectivity index is 2.60. The molecule has 0 saturated carbocycles. The fourth-order valence-corrected chi connectivity index (χ4v) is 1.63. The van der Waals surface area contributed by atoms with Gasteiger partial charge in [0.1, 0.15) is 19.0 Å². The molecule has 8 heteroatoms. The summed E-state index contributed by atoms with van der Waals surface area (Å²) in [5.41, 5.74) is 0.379. The molecule has 0 aromatic heterocycles. The van der Waals surface area contributed by atoms with Gasteiger partial charge < -0.3 is 19.9 Å². The van der Waals surface area contributed by atoms with E-state index in [4.69, 9.17) is 5.11 Å². The fourth-order valence-electron chi connectivity index (χ4n) is 1.63. The maximum Gasteiger partial charge on any atom is 0.387 e. The summed E-state index contributed by atoms with van der Waals surface area (Å²) in [6.45, 7) is -2.41. The van der Waals surface area contributed by atoms with Crippen LogP contribution >= 0.6 is 0 Å². The predicted molar refractivity (Wildman–Crippen MR) is 68.1 cm³/mol. The van der Waals surface area contributed by atoms with E-state index in [2.05, 4.69) is 14.8 Å². The molecular weight excluding hydrogens is 288 g/mol. The maximum absolute atomic E-state index is 12.3. The number of alkyl halides is 2. The Morgan fingerprint density at radius 2 is 1.95 bits per heavy atom. The zero-order chi connectivity index (χ0) is 15.8. The number of rotatable bonds is 8. The van der Waals surface area contributed by atoms with E-state index in [0.29, 0.717) is 5.56 Å². The molecule has 0 saturated heterocycles. The zero-order valence-electron chi connectivity index (χ0n) is 11.2. The van der Waals surface area contributed by atoms with Gasteiger partial charge in [-0.15, -0.1) is 0 Å². The molecule has 0 bridgehead atoms. The molecule has 0 spiro atoms. The van der Waals surface area contributed by atoms with Crippen LogP contribution < -0.4 is 10.1 Å². The Kier molecular flexibility index (Phi) is 6.54. The van der Waals surface area contributed by atoms with Gasteiger partial charge in [0.15, 0.2) is 0 Å². The van der Waals surface area contributed by atoms with Crippen LogP contribution in [0, 0.1) is 0 Å². The minimum atomic E-state index is -2.96. The molecule has 1 unspecified atom stereocenters.